The van der Waals surface area contributed by atoms with E-state index in [0.717, 1.165) is 16.2 Å². The Bertz CT molecular complexity index is 1380. The Morgan fingerprint density at radius 2 is 1.54 bits per heavy atom. The topological polar surface area (TPSA) is 78.4 Å². The zero-order chi connectivity index (χ0) is 19.1. The maximum absolute atomic E-state index is 12.5. The molecule has 6 nitrogen and oxygen atoms in total. The lowest BCUT2D eigenvalue weighted by atomic mass is 10.0. The summed E-state index contributed by atoms with van der Waals surface area (Å²) in [6, 6.07) is 20.7. The van der Waals surface area contributed by atoms with Crippen LogP contribution in [0, 0.1) is 0 Å². The first-order valence-electron chi connectivity index (χ1n) is 8.67. The number of benzene rings is 3. The van der Waals surface area contributed by atoms with Crippen molar-refractivity contribution in [3.8, 4) is 28.7 Å². The van der Waals surface area contributed by atoms with Gasteiger partial charge in [0.05, 0.1) is 12.7 Å². The molecular weight excluding hydrogens is 356 g/mol. The molecule has 28 heavy (non-hydrogen) atoms. The number of rotatable bonds is 3. The predicted molar refractivity (Wildman–Crippen MR) is 105 cm³/mol. The monoisotopic (exact) mass is 370 g/mol. The van der Waals surface area contributed by atoms with E-state index in [1.54, 1.807) is 25.3 Å². The fourth-order valence-corrected chi connectivity index (χ4v) is 3.28. The smallest absolute Gasteiger partial charge is 0.349 e. The van der Waals surface area contributed by atoms with Crippen LogP contribution in [0.15, 0.2) is 80.4 Å². The van der Waals surface area contributed by atoms with Gasteiger partial charge in [-0.15, -0.1) is 10.2 Å². The van der Waals surface area contributed by atoms with Crippen molar-refractivity contribution in [2.45, 2.75) is 0 Å². The summed E-state index contributed by atoms with van der Waals surface area (Å²) in [6.07, 6.45) is 0. The Labute approximate surface area is 159 Å². The van der Waals surface area contributed by atoms with E-state index in [1.165, 1.54) is 0 Å². The zero-order valence-corrected chi connectivity index (χ0v) is 14.9. The Balaban J connectivity index is 1.69. The molecule has 0 saturated heterocycles. The van der Waals surface area contributed by atoms with Crippen LogP contribution >= 0.6 is 0 Å². The molecule has 0 unspecified atom stereocenters. The number of fused-ring (bicyclic) bond motifs is 3. The molecule has 0 amide bonds. The van der Waals surface area contributed by atoms with Crippen molar-refractivity contribution in [1.82, 2.24) is 10.2 Å². The van der Waals surface area contributed by atoms with E-state index in [1.807, 2.05) is 48.5 Å². The van der Waals surface area contributed by atoms with Crippen molar-refractivity contribution in [1.29, 1.82) is 0 Å². The minimum absolute atomic E-state index is 0.101. The van der Waals surface area contributed by atoms with Crippen LogP contribution < -0.4 is 10.4 Å². The fraction of sp³-hybridized carbons (Fsp3) is 0.0455. The third-order valence-corrected chi connectivity index (χ3v) is 4.63. The van der Waals surface area contributed by atoms with Crippen LogP contribution in [0.1, 0.15) is 0 Å². The Hall–Kier alpha value is -3.93. The highest BCUT2D eigenvalue weighted by atomic mass is 16.5. The SMILES string of the molecule is COc1ccccc1-c1nnc(-c2cc3c(ccc4ccccc43)oc2=O)o1. The quantitative estimate of drug-likeness (QED) is 0.339. The van der Waals surface area contributed by atoms with E-state index in [2.05, 4.69) is 10.2 Å². The predicted octanol–water partition coefficient (Wildman–Crippen LogP) is 4.67. The number of para-hydroxylation sites is 1. The summed E-state index contributed by atoms with van der Waals surface area (Å²) in [7, 11) is 1.57. The standard InChI is InChI=1S/C22H14N2O4/c1-26-18-9-5-4-8-15(18)20-23-24-21(28-20)17-12-16-14-7-3-2-6-13(14)10-11-19(16)27-22(17)25/h2-12H,1H3. The first kappa shape index (κ1) is 16.3. The molecule has 136 valence electrons. The lowest BCUT2D eigenvalue weighted by Crippen LogP contribution is -2.03. The number of aromatic nitrogens is 2. The molecule has 0 N–H and O–H groups in total. The molecule has 0 fully saturated rings. The number of nitrogens with zero attached hydrogens (tertiary/aromatic N) is 2. The summed E-state index contributed by atoms with van der Waals surface area (Å²) in [5, 5.41) is 11.0. The third-order valence-electron chi connectivity index (χ3n) is 4.63. The van der Waals surface area contributed by atoms with Gasteiger partial charge < -0.3 is 13.6 Å². The van der Waals surface area contributed by atoms with Gasteiger partial charge in [-0.1, -0.05) is 42.5 Å². The summed E-state index contributed by atoms with van der Waals surface area (Å²) in [5.74, 6) is 0.976. The Morgan fingerprint density at radius 1 is 0.786 bits per heavy atom. The summed E-state index contributed by atoms with van der Waals surface area (Å²) in [6.45, 7) is 0. The minimum atomic E-state index is -0.530. The molecule has 0 bridgehead atoms. The Kier molecular flexibility index (Phi) is 3.69. The minimum Gasteiger partial charge on any atom is -0.496 e. The molecule has 5 rings (SSSR count). The molecule has 3 aromatic carbocycles. The largest absolute Gasteiger partial charge is 0.496 e. The molecule has 6 heteroatoms. The van der Waals surface area contributed by atoms with E-state index in [-0.39, 0.29) is 17.3 Å². The number of ether oxygens (including phenoxy) is 1. The lowest BCUT2D eigenvalue weighted by Gasteiger charge is -2.04. The highest BCUT2D eigenvalue weighted by molar-refractivity contribution is 6.06. The molecule has 2 aromatic heterocycles. The van der Waals surface area contributed by atoms with Gasteiger partial charge in [0, 0.05) is 5.39 Å². The van der Waals surface area contributed by atoms with Crippen molar-refractivity contribution < 1.29 is 13.6 Å². The Morgan fingerprint density at radius 3 is 2.39 bits per heavy atom. The van der Waals surface area contributed by atoms with Gasteiger partial charge in [0.25, 0.3) is 11.8 Å². The molecule has 5 aromatic rings. The van der Waals surface area contributed by atoms with Crippen molar-refractivity contribution in [2.75, 3.05) is 7.11 Å². The van der Waals surface area contributed by atoms with Gasteiger partial charge in [-0.05, 0) is 35.0 Å². The van der Waals surface area contributed by atoms with Crippen molar-refractivity contribution in [3.63, 3.8) is 0 Å². The summed E-state index contributed by atoms with van der Waals surface area (Å²) in [5.41, 5.74) is 0.854. The molecule has 0 saturated carbocycles. The summed E-state index contributed by atoms with van der Waals surface area (Å²) in [4.78, 5) is 12.5. The van der Waals surface area contributed by atoms with E-state index in [0.29, 0.717) is 16.9 Å². The van der Waals surface area contributed by atoms with Crippen LogP contribution in [0.4, 0.5) is 0 Å². The second-order valence-corrected chi connectivity index (χ2v) is 6.26. The highest BCUT2D eigenvalue weighted by Gasteiger charge is 2.18. The average molecular weight is 370 g/mol. The first-order chi connectivity index (χ1) is 13.7. The van der Waals surface area contributed by atoms with Gasteiger partial charge >= 0.3 is 5.63 Å². The molecule has 0 atom stereocenters. The second-order valence-electron chi connectivity index (χ2n) is 6.26. The molecule has 0 aliphatic heterocycles. The van der Waals surface area contributed by atoms with Gasteiger partial charge in [-0.2, -0.15) is 0 Å². The third kappa shape index (κ3) is 2.54. The van der Waals surface area contributed by atoms with E-state index >= 15 is 0 Å². The van der Waals surface area contributed by atoms with Gasteiger partial charge in [0.15, 0.2) is 0 Å². The molecule has 0 spiro atoms. The van der Waals surface area contributed by atoms with Gasteiger partial charge in [-0.25, -0.2) is 4.79 Å². The number of hydrogen-bond donors (Lipinski definition) is 0. The summed E-state index contributed by atoms with van der Waals surface area (Å²) < 4.78 is 16.6. The normalized spacial score (nSPS) is 11.2. The van der Waals surface area contributed by atoms with E-state index in [9.17, 15) is 4.79 Å². The van der Waals surface area contributed by atoms with E-state index in [4.69, 9.17) is 13.6 Å². The maximum Gasteiger partial charge on any atom is 0.349 e. The van der Waals surface area contributed by atoms with Gasteiger partial charge in [-0.3, -0.25) is 0 Å². The van der Waals surface area contributed by atoms with Crippen LogP contribution in [-0.2, 0) is 0 Å². The summed E-state index contributed by atoms with van der Waals surface area (Å²) >= 11 is 0. The maximum atomic E-state index is 12.5. The van der Waals surface area contributed by atoms with Crippen molar-refractivity contribution >= 4 is 21.7 Å². The van der Waals surface area contributed by atoms with Crippen LogP contribution in [0.25, 0.3) is 44.7 Å². The molecule has 0 radical (unpaired) electrons. The lowest BCUT2D eigenvalue weighted by molar-refractivity contribution is 0.414. The molecule has 0 aliphatic carbocycles. The fourth-order valence-electron chi connectivity index (χ4n) is 3.28. The second kappa shape index (κ2) is 6.35. The molecular formula is C22H14N2O4. The molecule has 2 heterocycles. The van der Waals surface area contributed by atoms with Crippen LogP contribution in [-0.4, -0.2) is 17.3 Å². The first-order valence-corrected chi connectivity index (χ1v) is 8.67. The van der Waals surface area contributed by atoms with E-state index < -0.39 is 5.63 Å². The highest BCUT2D eigenvalue weighted by Crippen LogP contribution is 2.31. The van der Waals surface area contributed by atoms with Crippen LogP contribution in [0.2, 0.25) is 0 Å². The number of methoxy groups -OCH3 is 1. The van der Waals surface area contributed by atoms with Crippen molar-refractivity contribution in [3.05, 3.63) is 77.2 Å². The van der Waals surface area contributed by atoms with Gasteiger partial charge in [0.1, 0.15) is 16.9 Å². The van der Waals surface area contributed by atoms with Crippen molar-refractivity contribution in [2.24, 2.45) is 0 Å². The van der Waals surface area contributed by atoms with Crippen LogP contribution in [0.3, 0.4) is 0 Å². The van der Waals surface area contributed by atoms with Gasteiger partial charge in [0.2, 0.25) is 0 Å². The van der Waals surface area contributed by atoms with Crippen LogP contribution in [0.5, 0.6) is 5.75 Å². The average Bonchev–Trinajstić information content (AvgIpc) is 3.23. The molecule has 0 aliphatic rings. The zero-order valence-electron chi connectivity index (χ0n) is 14.9. The number of hydrogen-bond acceptors (Lipinski definition) is 6.